The molecule has 1 heterocycles. The van der Waals surface area contributed by atoms with Crippen molar-refractivity contribution in [1.29, 1.82) is 0 Å². The van der Waals surface area contributed by atoms with Crippen molar-refractivity contribution >= 4 is 14.1 Å². The summed E-state index contributed by atoms with van der Waals surface area (Å²) in [6, 6.07) is 0. The maximum atomic E-state index is 12.9. The van der Waals surface area contributed by atoms with Gasteiger partial charge in [0, 0.05) is 10.8 Å². The molecular formula is C31H48O5Si. The van der Waals surface area contributed by atoms with E-state index in [2.05, 4.69) is 79.7 Å². The van der Waals surface area contributed by atoms with Crippen LogP contribution in [0, 0.1) is 28.6 Å². The molecule has 0 radical (unpaired) electrons. The van der Waals surface area contributed by atoms with E-state index in [-0.39, 0.29) is 34.9 Å². The highest BCUT2D eigenvalue weighted by molar-refractivity contribution is 6.77. The van der Waals surface area contributed by atoms with Gasteiger partial charge in [-0.05, 0) is 78.3 Å². The number of carbonyl (C=O) groups excluding carboxylic acids is 1. The smallest absolute Gasteiger partial charge is 0.258 e. The average molecular weight is 529 g/mol. The number of Topliss-reactive ketones (excluding diaryl/α,β-unsaturated/α-hetero) is 1. The fourth-order valence-electron chi connectivity index (χ4n) is 10.1. The van der Waals surface area contributed by atoms with Crippen LogP contribution in [0.4, 0.5) is 0 Å². The Balaban J connectivity index is 1.50. The zero-order valence-corrected chi connectivity index (χ0v) is 25.3. The summed E-state index contributed by atoms with van der Waals surface area (Å²) in [5, 5.41) is 21.5. The summed E-state index contributed by atoms with van der Waals surface area (Å²) in [5.74, 6) is 0.750. The molecule has 1 spiro atoms. The van der Waals surface area contributed by atoms with Crippen LogP contribution in [0.1, 0.15) is 81.6 Å². The molecule has 4 aliphatic carbocycles. The van der Waals surface area contributed by atoms with Gasteiger partial charge in [0.25, 0.3) is 8.32 Å². The molecule has 2 saturated carbocycles. The Labute approximate surface area is 224 Å². The van der Waals surface area contributed by atoms with Gasteiger partial charge < -0.3 is 19.4 Å². The molecule has 0 unspecified atom stereocenters. The minimum Gasteiger partial charge on any atom is -0.543 e. The molecule has 6 heteroatoms. The number of allylic oxidation sites excluding steroid dienone is 3. The zero-order valence-electron chi connectivity index (χ0n) is 24.3. The third kappa shape index (κ3) is 3.16. The normalized spacial score (nSPS) is 44.2. The number of aliphatic hydroxyl groups excluding tert-OH is 1. The maximum absolute atomic E-state index is 12.9. The molecule has 5 aliphatic rings. The lowest BCUT2D eigenvalue weighted by Crippen LogP contribution is -2.62. The van der Waals surface area contributed by atoms with Crippen LogP contribution in [0.25, 0.3) is 0 Å². The number of epoxide rings is 1. The van der Waals surface area contributed by atoms with Gasteiger partial charge in [0.2, 0.25) is 0 Å². The first-order valence-corrected chi connectivity index (χ1v) is 16.7. The zero-order chi connectivity index (χ0) is 27.3. The van der Waals surface area contributed by atoms with Crippen LogP contribution in [-0.2, 0) is 14.0 Å². The molecule has 8 atom stereocenters. The predicted octanol–water partition coefficient (Wildman–Crippen LogP) is 6.08. The van der Waals surface area contributed by atoms with E-state index in [1.165, 1.54) is 5.57 Å². The molecule has 2 N–H and O–H groups in total. The van der Waals surface area contributed by atoms with Crippen molar-refractivity contribution in [2.45, 2.75) is 116 Å². The lowest BCUT2D eigenvalue weighted by atomic mass is 9.48. The molecular weight excluding hydrogens is 480 g/mol. The van der Waals surface area contributed by atoms with Gasteiger partial charge in [0.15, 0.2) is 5.78 Å². The Kier molecular flexibility index (Phi) is 6.21. The second-order valence-electron chi connectivity index (χ2n) is 14.1. The second kappa shape index (κ2) is 8.39. The second-order valence-corrected chi connectivity index (χ2v) is 19.5. The van der Waals surface area contributed by atoms with Gasteiger partial charge in [0.05, 0.1) is 6.10 Å². The molecule has 0 amide bonds. The van der Waals surface area contributed by atoms with Crippen LogP contribution in [-0.4, -0.2) is 48.2 Å². The molecule has 3 fully saturated rings. The maximum Gasteiger partial charge on any atom is 0.258 e. The Bertz CT molecular complexity index is 1050. The van der Waals surface area contributed by atoms with Gasteiger partial charge in [-0.15, -0.1) is 0 Å². The largest absolute Gasteiger partial charge is 0.543 e. The molecule has 37 heavy (non-hydrogen) atoms. The summed E-state index contributed by atoms with van der Waals surface area (Å²) in [7, 11) is -2.06. The SMILES string of the molecule is CC(C)[Si](OC1=CC2=CC[C@H]3[C@@H]4C[C@@H](C)[C@](O)(C(=O)CO)[C@@]4(C)C[C@@H]4O[C@@]43[C@@]2(C)C=C1)(C(C)C)C(C)C. The fourth-order valence-corrected chi connectivity index (χ4v) is 15.3. The first kappa shape index (κ1) is 27.4. The van der Waals surface area contributed by atoms with Crippen LogP contribution < -0.4 is 0 Å². The van der Waals surface area contributed by atoms with Gasteiger partial charge in [-0.1, -0.05) is 67.5 Å². The number of hydrogen-bond acceptors (Lipinski definition) is 5. The third-order valence-electron chi connectivity index (χ3n) is 11.9. The van der Waals surface area contributed by atoms with Crippen molar-refractivity contribution < 1.29 is 24.2 Å². The van der Waals surface area contributed by atoms with E-state index >= 15 is 0 Å². The lowest BCUT2D eigenvalue weighted by molar-refractivity contribution is -0.165. The highest BCUT2D eigenvalue weighted by atomic mass is 28.4. The quantitative estimate of drug-likeness (QED) is 0.309. The van der Waals surface area contributed by atoms with E-state index in [0.29, 0.717) is 23.0 Å². The van der Waals surface area contributed by atoms with Crippen molar-refractivity contribution in [3.8, 4) is 0 Å². The molecule has 0 aromatic heterocycles. The van der Waals surface area contributed by atoms with E-state index in [9.17, 15) is 15.0 Å². The first-order chi connectivity index (χ1) is 17.2. The fraction of sp³-hybridized carbons (Fsp3) is 0.774. The number of hydrogen-bond donors (Lipinski definition) is 2. The van der Waals surface area contributed by atoms with Gasteiger partial charge in [-0.3, -0.25) is 4.79 Å². The number of ether oxygens (including phenoxy) is 1. The molecule has 5 nitrogen and oxygen atoms in total. The molecule has 0 aromatic rings. The summed E-state index contributed by atoms with van der Waals surface area (Å²) in [4.78, 5) is 12.9. The average Bonchev–Trinajstić information content (AvgIpc) is 3.51. The number of aliphatic hydroxyl groups is 2. The van der Waals surface area contributed by atoms with Crippen molar-refractivity contribution in [1.82, 2.24) is 0 Å². The third-order valence-corrected chi connectivity index (χ3v) is 17.9. The Morgan fingerprint density at radius 3 is 2.32 bits per heavy atom. The monoisotopic (exact) mass is 528 g/mol. The minimum absolute atomic E-state index is 0.00764. The van der Waals surface area contributed by atoms with Crippen LogP contribution in [0.2, 0.25) is 16.6 Å². The highest BCUT2D eigenvalue weighted by Gasteiger charge is 2.81. The van der Waals surface area contributed by atoms with Gasteiger partial charge >= 0.3 is 0 Å². The number of carbonyl (C=O) groups is 1. The van der Waals surface area contributed by atoms with Crippen molar-refractivity contribution in [2.75, 3.05) is 6.61 Å². The van der Waals surface area contributed by atoms with Gasteiger partial charge in [-0.2, -0.15) is 0 Å². The summed E-state index contributed by atoms with van der Waals surface area (Å²) < 4.78 is 13.7. The van der Waals surface area contributed by atoms with E-state index in [1.807, 2.05) is 6.92 Å². The van der Waals surface area contributed by atoms with E-state index in [1.54, 1.807) is 0 Å². The summed E-state index contributed by atoms with van der Waals surface area (Å²) >= 11 is 0. The van der Waals surface area contributed by atoms with Gasteiger partial charge in [0.1, 0.15) is 23.6 Å². The minimum atomic E-state index is -2.06. The first-order valence-electron chi connectivity index (χ1n) is 14.5. The Morgan fingerprint density at radius 1 is 1.14 bits per heavy atom. The van der Waals surface area contributed by atoms with Crippen LogP contribution in [0.5, 0.6) is 0 Å². The van der Waals surface area contributed by atoms with E-state index in [0.717, 1.165) is 18.6 Å². The van der Waals surface area contributed by atoms with Crippen molar-refractivity contribution in [3.05, 3.63) is 35.6 Å². The highest BCUT2D eigenvalue weighted by Crippen LogP contribution is 2.76. The molecule has 0 bridgehead atoms. The Hall–Kier alpha value is -1.21. The predicted molar refractivity (Wildman–Crippen MR) is 148 cm³/mol. The molecule has 1 saturated heterocycles. The summed E-state index contributed by atoms with van der Waals surface area (Å²) in [5.41, 5.74) is 0.132. The standard InChI is InChI=1S/C31H48O5Si/c1-18(2)37(19(3)4,20(5)6)36-23-12-13-28(8)22(15-23)10-11-24-25-14-21(7)30(34,26(33)17-32)29(25,9)16-27-31(24,28)35-27/h10,12-13,15,18-21,24-25,27,32,34H,11,14,16-17H2,1-9H3/t21-,24+,25+,27+,28+,29+,30+,31-/m1/s1. The number of rotatable bonds is 7. The molecule has 1 aliphatic heterocycles. The van der Waals surface area contributed by atoms with Crippen molar-refractivity contribution in [2.24, 2.45) is 28.6 Å². The van der Waals surface area contributed by atoms with Crippen LogP contribution >= 0.6 is 0 Å². The van der Waals surface area contributed by atoms with Gasteiger partial charge in [-0.25, -0.2) is 0 Å². The van der Waals surface area contributed by atoms with Crippen molar-refractivity contribution in [3.63, 3.8) is 0 Å². The van der Waals surface area contributed by atoms with Crippen LogP contribution in [0.15, 0.2) is 35.6 Å². The Morgan fingerprint density at radius 2 is 1.76 bits per heavy atom. The summed E-state index contributed by atoms with van der Waals surface area (Å²) in [6.07, 6.45) is 11.4. The van der Waals surface area contributed by atoms with E-state index in [4.69, 9.17) is 9.16 Å². The molecule has 206 valence electrons. The van der Waals surface area contributed by atoms with Crippen LogP contribution in [0.3, 0.4) is 0 Å². The summed E-state index contributed by atoms with van der Waals surface area (Å²) in [6.45, 7) is 19.6. The number of ketones is 1. The number of fused-ring (bicyclic) bond motifs is 3. The molecule has 0 aromatic carbocycles. The molecule has 5 rings (SSSR count). The topological polar surface area (TPSA) is 79.3 Å². The lowest BCUT2D eigenvalue weighted by Gasteiger charge is -2.54. The van der Waals surface area contributed by atoms with E-state index < -0.39 is 31.7 Å².